The third-order valence-electron chi connectivity index (χ3n) is 31.8. The summed E-state index contributed by atoms with van der Waals surface area (Å²) in [6.45, 7) is 27.8. The summed E-state index contributed by atoms with van der Waals surface area (Å²) in [7, 11) is 8.56. The molecule has 4 unspecified atom stereocenters. The Hall–Kier alpha value is -9.64. The molecule has 6 fully saturated rings. The summed E-state index contributed by atoms with van der Waals surface area (Å²) in [5.41, 5.74) is 33.8. The maximum atomic E-state index is 2.53. The van der Waals surface area contributed by atoms with Gasteiger partial charge in [0.2, 0.25) is 22.8 Å². The van der Waals surface area contributed by atoms with Crippen LogP contribution in [-0.4, -0.2) is 0 Å². The Kier molecular flexibility index (Phi) is 31.3. The van der Waals surface area contributed by atoms with Crippen molar-refractivity contribution in [2.75, 3.05) is 0 Å². The van der Waals surface area contributed by atoms with Crippen molar-refractivity contribution in [2.24, 2.45) is 87.4 Å². The van der Waals surface area contributed by atoms with Crippen LogP contribution in [-0.2, 0) is 28.2 Å². The molecule has 4 aromatic heterocycles. The second kappa shape index (κ2) is 43.2. The van der Waals surface area contributed by atoms with Crippen molar-refractivity contribution >= 4 is 0 Å². The number of pyridine rings is 4. The average molecular weight is 1690 g/mol. The number of aromatic nitrogens is 4. The van der Waals surface area contributed by atoms with Gasteiger partial charge in [0.1, 0.15) is 28.2 Å². The van der Waals surface area contributed by atoms with Crippen molar-refractivity contribution in [3.8, 4) is 89.5 Å². The highest BCUT2D eigenvalue weighted by Crippen LogP contribution is 2.50. The predicted molar refractivity (Wildman–Crippen MR) is 538 cm³/mol. The molecule has 0 saturated heterocycles. The lowest BCUT2D eigenvalue weighted by atomic mass is 9.70. The first-order valence-corrected chi connectivity index (χ1v) is 50.3. The highest BCUT2D eigenvalue weighted by atomic mass is 14.9. The minimum atomic E-state index is 0.550. The molecule has 662 valence electrons. The van der Waals surface area contributed by atoms with Crippen molar-refractivity contribution in [3.63, 3.8) is 0 Å². The van der Waals surface area contributed by atoms with Gasteiger partial charge in [-0.25, -0.2) is 18.3 Å². The van der Waals surface area contributed by atoms with E-state index in [1.165, 1.54) is 277 Å². The highest BCUT2D eigenvalue weighted by molar-refractivity contribution is 5.75. The first-order valence-electron chi connectivity index (χ1n) is 50.3. The minimum absolute atomic E-state index is 0.550. The van der Waals surface area contributed by atoms with Gasteiger partial charge in [-0.05, 0) is 300 Å². The summed E-state index contributed by atoms with van der Waals surface area (Å²) in [6.07, 6.45) is 43.7. The first kappa shape index (κ1) is 92.1. The molecule has 4 atom stereocenters. The van der Waals surface area contributed by atoms with E-state index in [4.69, 9.17) is 0 Å². The number of rotatable bonds is 20. The van der Waals surface area contributed by atoms with Crippen molar-refractivity contribution in [1.29, 1.82) is 0 Å². The molecule has 6 saturated carbocycles. The topological polar surface area (TPSA) is 15.5 Å². The van der Waals surface area contributed by atoms with Crippen LogP contribution in [0, 0.1) is 86.9 Å². The Morgan fingerprint density at radius 1 is 0.220 bits per heavy atom. The maximum absolute atomic E-state index is 2.53. The Morgan fingerprint density at radius 3 is 0.843 bits per heavy atom. The van der Waals surface area contributed by atoms with Gasteiger partial charge in [0.05, 0.1) is 0 Å². The molecule has 0 N–H and O–H groups in total. The van der Waals surface area contributed by atoms with E-state index in [9.17, 15) is 0 Å². The third kappa shape index (κ3) is 22.6. The number of benzene rings is 8. The van der Waals surface area contributed by atoms with Gasteiger partial charge in [-0.2, -0.15) is 0 Å². The van der Waals surface area contributed by atoms with Gasteiger partial charge in [-0.1, -0.05) is 309 Å². The molecule has 6 aliphatic rings. The lowest BCUT2D eigenvalue weighted by Gasteiger charge is -2.36. The summed E-state index contributed by atoms with van der Waals surface area (Å²) in [6, 6.07) is 89.0. The smallest absolute Gasteiger partial charge is 0.201 e. The molecule has 4 heterocycles. The summed E-state index contributed by atoms with van der Waals surface area (Å²) >= 11 is 0. The maximum Gasteiger partial charge on any atom is 0.213 e. The monoisotopic (exact) mass is 1690 g/mol. The Morgan fingerprint density at radius 2 is 0.504 bits per heavy atom. The Labute approximate surface area is 768 Å². The molecule has 4 heteroatoms. The van der Waals surface area contributed by atoms with E-state index in [2.05, 4.69) is 391 Å². The molecule has 0 spiro atoms. The van der Waals surface area contributed by atoms with Crippen LogP contribution in [0.4, 0.5) is 0 Å². The molecule has 4 nitrogen and oxygen atoms in total. The van der Waals surface area contributed by atoms with E-state index in [1.807, 2.05) is 0 Å². The standard InChI is InChI=1S/C33H46N.C31H38N.C30H36N.C29H34N/c1-21(2)32(22(3)4)28-17-27(18-29(19-28)33(23(5)6)24(7)8)26-15-16-34(10)31(20-26)30-14-12-11-13-25(30)9;1-23-9-6-7-14-30(23)31-22-29(19-20-32(31)2)28-13-8-12-27(21-28)26-17-15-25(16-18-26)24-10-4-3-5-11-24;1-22-8-6-7-11-29(22)30-21-28(18-19-31(30)2)25-14-12-24(13-15-25)27-17-16-26(20-27)23-9-4-3-5-10-23;1-21-7-3-6-10-28(21)29-20-27(17-18-30(29)2)24-13-11-23(12-14-24)26-16-15-25(19-26)22-8-4-5-9-22/h11-24,32-33H,1-10H3;6-9,12-14,19-22,24-26H,3-5,10-11,15-18H2,1-2H3;6-8,11-15,18-19,21,23,26-27H,3-5,9-10,16-17,20H2,1-2H3;3,6-7,10-14,17-18,20,22,25-26H,4-5,8-9,15-16,19H2,1-2H3/q4*+1. The SMILES string of the molecule is Cc1ccccc1-c1cc(-c2cc(C(C(C)C)C(C)C)cc(C(C(C)C)C(C)C)c2)cc[n+]1C.Cc1ccccc1-c1cc(-c2ccc(C3CCC(C4CCCC4)C3)cc2)cc[n+]1C.Cc1ccccc1-c1cc(-c2ccc(C3CCC(C4CCCCC4)C3)cc2)cc[n+]1C.Cc1ccccc1-c1cc(-c2cccc(C3CCC(C4CCCCC4)CC3)c2)cc[n+]1C. The summed E-state index contributed by atoms with van der Waals surface area (Å²) in [4.78, 5) is 0. The fourth-order valence-electron chi connectivity index (χ4n) is 24.7. The fraction of sp³-hybridized carbons (Fsp3) is 0.447. The van der Waals surface area contributed by atoms with E-state index in [0.29, 0.717) is 35.5 Å². The van der Waals surface area contributed by atoms with E-state index in [0.717, 1.165) is 53.3 Å². The van der Waals surface area contributed by atoms with Crippen LogP contribution >= 0.6 is 0 Å². The molecule has 12 aromatic rings. The van der Waals surface area contributed by atoms with Crippen LogP contribution in [0.2, 0.25) is 0 Å². The Bertz CT molecular complexity index is 5520. The number of hydrogen-bond donors (Lipinski definition) is 0. The number of nitrogens with zero attached hydrogens (tertiary/aromatic N) is 4. The molecular weight excluding hydrogens is 1530 g/mol. The van der Waals surface area contributed by atoms with Gasteiger partial charge < -0.3 is 0 Å². The molecule has 0 bridgehead atoms. The van der Waals surface area contributed by atoms with Gasteiger partial charge in [0.25, 0.3) is 0 Å². The molecule has 6 aliphatic carbocycles. The second-order valence-electron chi connectivity index (χ2n) is 41.7. The van der Waals surface area contributed by atoms with Gasteiger partial charge in [-0.15, -0.1) is 0 Å². The lowest BCUT2D eigenvalue weighted by molar-refractivity contribution is -0.660. The Balaban J connectivity index is 0.000000131. The van der Waals surface area contributed by atoms with Crippen molar-refractivity contribution < 1.29 is 18.3 Å². The van der Waals surface area contributed by atoms with Gasteiger partial charge in [0, 0.05) is 70.8 Å². The third-order valence-corrected chi connectivity index (χ3v) is 31.8. The predicted octanol–water partition coefficient (Wildman–Crippen LogP) is 31.8. The fourth-order valence-corrected chi connectivity index (χ4v) is 24.7. The molecule has 0 aliphatic heterocycles. The minimum Gasteiger partial charge on any atom is -0.201 e. The van der Waals surface area contributed by atoms with Gasteiger partial charge in [0.15, 0.2) is 24.8 Å². The summed E-state index contributed by atoms with van der Waals surface area (Å²) < 4.78 is 8.93. The van der Waals surface area contributed by atoms with Crippen LogP contribution in [0.25, 0.3) is 89.5 Å². The van der Waals surface area contributed by atoms with Crippen molar-refractivity contribution in [3.05, 3.63) is 311 Å². The second-order valence-corrected chi connectivity index (χ2v) is 41.7. The largest absolute Gasteiger partial charge is 0.213 e. The van der Waals surface area contributed by atoms with Gasteiger partial charge >= 0.3 is 0 Å². The van der Waals surface area contributed by atoms with E-state index < -0.39 is 0 Å². The zero-order chi connectivity index (χ0) is 88.8. The van der Waals surface area contributed by atoms with Crippen LogP contribution < -0.4 is 18.3 Å². The van der Waals surface area contributed by atoms with E-state index in [-0.39, 0.29) is 0 Å². The van der Waals surface area contributed by atoms with Gasteiger partial charge in [-0.3, -0.25) is 0 Å². The quantitative estimate of drug-likeness (QED) is 0.0676. The van der Waals surface area contributed by atoms with Crippen LogP contribution in [0.5, 0.6) is 0 Å². The summed E-state index contributed by atoms with van der Waals surface area (Å²) in [5.74, 6) is 11.9. The van der Waals surface area contributed by atoms with Crippen molar-refractivity contribution in [2.45, 2.75) is 267 Å². The van der Waals surface area contributed by atoms with Crippen LogP contribution in [0.1, 0.15) is 289 Å². The lowest BCUT2D eigenvalue weighted by Crippen LogP contribution is -2.30. The molecular formula is C123H154N4+4. The first-order chi connectivity index (χ1) is 61.6. The molecule has 8 aromatic carbocycles. The van der Waals surface area contributed by atoms with E-state index in [1.54, 1.807) is 16.7 Å². The zero-order valence-corrected chi connectivity index (χ0v) is 80.7. The zero-order valence-electron chi connectivity index (χ0n) is 80.7. The molecule has 0 amide bonds. The van der Waals surface area contributed by atoms with Crippen LogP contribution in [0.3, 0.4) is 0 Å². The molecule has 0 radical (unpaired) electrons. The van der Waals surface area contributed by atoms with E-state index >= 15 is 0 Å². The average Bonchev–Trinajstić information content (AvgIpc) is 1.06. The number of hydrogen-bond acceptors (Lipinski definition) is 0. The van der Waals surface area contributed by atoms with Crippen LogP contribution in [0.15, 0.2) is 261 Å². The summed E-state index contributed by atoms with van der Waals surface area (Å²) in [5, 5.41) is 0. The molecule has 127 heavy (non-hydrogen) atoms. The number of aryl methyl sites for hydroxylation is 8. The molecule has 18 rings (SSSR count). The van der Waals surface area contributed by atoms with Crippen molar-refractivity contribution in [1.82, 2.24) is 0 Å². The normalized spacial score (nSPS) is 19.4. The highest BCUT2D eigenvalue weighted by Gasteiger charge is 2.36.